The number of aromatic nitrogens is 1. The van der Waals surface area contributed by atoms with E-state index in [0.717, 1.165) is 54.6 Å². The number of aliphatic hydroxyl groups excluding tert-OH is 1. The molecule has 1 saturated heterocycles. The van der Waals surface area contributed by atoms with Crippen LogP contribution in [0.25, 0.3) is 10.9 Å². The summed E-state index contributed by atoms with van der Waals surface area (Å²) in [6, 6.07) is 7.70. The SMILES string of the molecule is COc1ccc2nc(C3CC3)cc(C(=O)N3CCCC(CO)C3)c2c1. The summed E-state index contributed by atoms with van der Waals surface area (Å²) in [4.78, 5) is 19.9. The number of fused-ring (bicyclic) bond motifs is 1. The van der Waals surface area contributed by atoms with E-state index in [1.165, 1.54) is 0 Å². The standard InChI is InChI=1S/C20H24N2O3/c1-25-15-6-7-18-16(9-15)17(10-19(21-18)14-4-5-14)20(24)22-8-2-3-13(11-22)12-23/h6-7,9-10,13-14,23H,2-5,8,11-12H2,1H3. The molecule has 4 rings (SSSR count). The van der Waals surface area contributed by atoms with Gasteiger partial charge < -0.3 is 14.7 Å². The van der Waals surface area contributed by atoms with Crippen LogP contribution in [0.2, 0.25) is 0 Å². The fraction of sp³-hybridized carbons (Fsp3) is 0.500. The summed E-state index contributed by atoms with van der Waals surface area (Å²) in [7, 11) is 1.63. The van der Waals surface area contributed by atoms with Crippen LogP contribution in [0, 0.1) is 5.92 Å². The summed E-state index contributed by atoms with van der Waals surface area (Å²) in [6.45, 7) is 1.52. The fourth-order valence-electron chi connectivity index (χ4n) is 3.69. The Bertz CT molecular complexity index is 801. The van der Waals surface area contributed by atoms with Crippen molar-refractivity contribution in [3.63, 3.8) is 0 Å². The third-order valence-corrected chi connectivity index (χ3v) is 5.33. The number of carbonyl (C=O) groups is 1. The smallest absolute Gasteiger partial charge is 0.254 e. The minimum Gasteiger partial charge on any atom is -0.497 e. The number of amides is 1. The molecule has 1 saturated carbocycles. The molecule has 2 heterocycles. The molecule has 1 N–H and O–H groups in total. The molecule has 0 spiro atoms. The molecule has 1 aliphatic carbocycles. The van der Waals surface area contributed by atoms with Gasteiger partial charge in [0.2, 0.25) is 0 Å². The predicted octanol–water partition coefficient (Wildman–Crippen LogP) is 2.97. The van der Waals surface area contributed by atoms with Crippen LogP contribution in [0.1, 0.15) is 47.7 Å². The Balaban J connectivity index is 1.76. The highest BCUT2D eigenvalue weighted by atomic mass is 16.5. The van der Waals surface area contributed by atoms with Gasteiger partial charge in [0.25, 0.3) is 5.91 Å². The summed E-state index contributed by atoms with van der Waals surface area (Å²) in [5.74, 6) is 1.45. The highest BCUT2D eigenvalue weighted by molar-refractivity contribution is 6.06. The van der Waals surface area contributed by atoms with E-state index >= 15 is 0 Å². The zero-order valence-electron chi connectivity index (χ0n) is 14.6. The molecular formula is C20H24N2O3. The molecule has 5 nitrogen and oxygen atoms in total. The molecule has 2 fully saturated rings. The Morgan fingerprint density at radius 3 is 2.88 bits per heavy atom. The summed E-state index contributed by atoms with van der Waals surface area (Å²) >= 11 is 0. The molecule has 1 atom stereocenters. The zero-order chi connectivity index (χ0) is 17.4. The van der Waals surface area contributed by atoms with Gasteiger partial charge >= 0.3 is 0 Å². The van der Waals surface area contributed by atoms with E-state index in [9.17, 15) is 9.90 Å². The number of benzene rings is 1. The van der Waals surface area contributed by atoms with Gasteiger partial charge in [0.15, 0.2) is 0 Å². The van der Waals surface area contributed by atoms with E-state index in [2.05, 4.69) is 0 Å². The van der Waals surface area contributed by atoms with E-state index in [1.807, 2.05) is 29.2 Å². The number of aliphatic hydroxyl groups is 1. The Morgan fingerprint density at radius 1 is 1.32 bits per heavy atom. The van der Waals surface area contributed by atoms with Crippen molar-refractivity contribution in [2.75, 3.05) is 26.8 Å². The molecule has 25 heavy (non-hydrogen) atoms. The van der Waals surface area contributed by atoms with Gasteiger partial charge in [0.1, 0.15) is 5.75 Å². The largest absolute Gasteiger partial charge is 0.497 e. The summed E-state index contributed by atoms with van der Waals surface area (Å²) in [5.41, 5.74) is 2.59. The quantitative estimate of drug-likeness (QED) is 0.929. The highest BCUT2D eigenvalue weighted by Gasteiger charge is 2.29. The topological polar surface area (TPSA) is 62.7 Å². The fourth-order valence-corrected chi connectivity index (χ4v) is 3.69. The first-order chi connectivity index (χ1) is 12.2. The number of pyridine rings is 1. The first kappa shape index (κ1) is 16.3. The minimum absolute atomic E-state index is 0.0423. The van der Waals surface area contributed by atoms with Gasteiger partial charge in [-0.15, -0.1) is 0 Å². The maximum Gasteiger partial charge on any atom is 0.254 e. The Kier molecular flexibility index (Phi) is 4.34. The van der Waals surface area contributed by atoms with Crippen LogP contribution in [-0.2, 0) is 0 Å². The van der Waals surface area contributed by atoms with E-state index in [-0.39, 0.29) is 18.4 Å². The van der Waals surface area contributed by atoms with Crippen molar-refractivity contribution in [2.24, 2.45) is 5.92 Å². The summed E-state index contributed by atoms with van der Waals surface area (Å²) in [6.07, 6.45) is 4.23. The van der Waals surface area contributed by atoms with Crippen molar-refractivity contribution in [1.29, 1.82) is 0 Å². The number of hydrogen-bond acceptors (Lipinski definition) is 4. The number of carbonyl (C=O) groups excluding carboxylic acids is 1. The van der Waals surface area contributed by atoms with Crippen molar-refractivity contribution in [3.8, 4) is 5.75 Å². The van der Waals surface area contributed by atoms with E-state index in [1.54, 1.807) is 7.11 Å². The minimum atomic E-state index is 0.0423. The maximum absolute atomic E-state index is 13.2. The number of rotatable bonds is 4. The van der Waals surface area contributed by atoms with E-state index in [0.29, 0.717) is 18.0 Å². The molecule has 2 aromatic rings. The molecule has 132 valence electrons. The van der Waals surface area contributed by atoms with Gasteiger partial charge in [-0.25, -0.2) is 0 Å². The van der Waals surface area contributed by atoms with E-state index < -0.39 is 0 Å². The van der Waals surface area contributed by atoms with Crippen molar-refractivity contribution in [2.45, 2.75) is 31.6 Å². The number of ether oxygens (including phenoxy) is 1. The lowest BCUT2D eigenvalue weighted by atomic mass is 9.97. The van der Waals surface area contributed by atoms with Gasteiger partial charge in [-0.3, -0.25) is 9.78 Å². The van der Waals surface area contributed by atoms with Crippen LogP contribution >= 0.6 is 0 Å². The third-order valence-electron chi connectivity index (χ3n) is 5.33. The molecule has 1 aromatic carbocycles. The second-order valence-electron chi connectivity index (χ2n) is 7.19. The Labute approximate surface area is 147 Å². The monoisotopic (exact) mass is 340 g/mol. The van der Waals surface area contributed by atoms with Crippen LogP contribution in [0.3, 0.4) is 0 Å². The summed E-state index contributed by atoms with van der Waals surface area (Å²) < 4.78 is 5.34. The first-order valence-corrected chi connectivity index (χ1v) is 9.08. The number of hydrogen-bond donors (Lipinski definition) is 1. The lowest BCUT2D eigenvalue weighted by molar-refractivity contribution is 0.0622. The summed E-state index contributed by atoms with van der Waals surface area (Å²) in [5, 5.41) is 10.3. The zero-order valence-corrected chi connectivity index (χ0v) is 14.6. The molecule has 1 unspecified atom stereocenters. The molecule has 1 aliphatic heterocycles. The van der Waals surface area contributed by atoms with Crippen LogP contribution in [0.5, 0.6) is 5.75 Å². The average Bonchev–Trinajstić information content (AvgIpc) is 3.51. The van der Waals surface area contributed by atoms with Crippen molar-refractivity contribution in [3.05, 3.63) is 35.5 Å². The molecule has 0 radical (unpaired) electrons. The number of nitrogens with zero attached hydrogens (tertiary/aromatic N) is 2. The van der Waals surface area contributed by atoms with Crippen LogP contribution in [0.4, 0.5) is 0 Å². The van der Waals surface area contributed by atoms with Gasteiger partial charge in [0, 0.05) is 36.7 Å². The van der Waals surface area contributed by atoms with Gasteiger partial charge in [-0.1, -0.05) is 0 Å². The van der Waals surface area contributed by atoms with Crippen molar-refractivity contribution < 1.29 is 14.6 Å². The molecule has 5 heteroatoms. The van der Waals surface area contributed by atoms with Gasteiger partial charge in [-0.05, 0) is 55.9 Å². The lowest BCUT2D eigenvalue weighted by Gasteiger charge is -2.32. The molecule has 1 aromatic heterocycles. The molecule has 1 amide bonds. The maximum atomic E-state index is 13.2. The van der Waals surface area contributed by atoms with Gasteiger partial charge in [0.05, 0.1) is 18.2 Å². The number of methoxy groups -OCH3 is 1. The van der Waals surface area contributed by atoms with Gasteiger partial charge in [-0.2, -0.15) is 0 Å². The predicted molar refractivity (Wildman–Crippen MR) is 96.0 cm³/mol. The lowest BCUT2D eigenvalue weighted by Crippen LogP contribution is -2.41. The van der Waals surface area contributed by atoms with Crippen LogP contribution in [0.15, 0.2) is 24.3 Å². The van der Waals surface area contributed by atoms with Crippen LogP contribution in [-0.4, -0.2) is 47.7 Å². The van der Waals surface area contributed by atoms with Crippen molar-refractivity contribution in [1.82, 2.24) is 9.88 Å². The molecular weight excluding hydrogens is 316 g/mol. The normalized spacial score (nSPS) is 20.7. The average molecular weight is 340 g/mol. The van der Waals surface area contributed by atoms with E-state index in [4.69, 9.17) is 9.72 Å². The number of piperidine rings is 1. The van der Waals surface area contributed by atoms with Crippen molar-refractivity contribution >= 4 is 16.8 Å². The highest BCUT2D eigenvalue weighted by Crippen LogP contribution is 2.40. The Morgan fingerprint density at radius 2 is 2.16 bits per heavy atom. The number of likely N-dealkylation sites (tertiary alicyclic amines) is 1. The second kappa shape index (κ2) is 6.64. The first-order valence-electron chi connectivity index (χ1n) is 9.08. The second-order valence-corrected chi connectivity index (χ2v) is 7.19. The Hall–Kier alpha value is -2.14. The van der Waals surface area contributed by atoms with Crippen LogP contribution < -0.4 is 4.74 Å². The third kappa shape index (κ3) is 3.21. The molecule has 2 aliphatic rings. The molecule has 0 bridgehead atoms.